The highest BCUT2D eigenvalue weighted by Gasteiger charge is 2.18. The lowest BCUT2D eigenvalue weighted by atomic mass is 9.85. The van der Waals surface area contributed by atoms with Gasteiger partial charge in [0.2, 0.25) is 0 Å². The maximum Gasteiger partial charge on any atom is 0.126 e. The number of para-hydroxylation sites is 1. The van der Waals surface area contributed by atoms with Crippen molar-refractivity contribution in [3.63, 3.8) is 0 Å². The standard InChI is InChI=1S/C21H26O2/c1-13-12-17(14(2)15(3)19(13)22)11-10-16-8-7-9-18(20(16)23)21(4,5)6/h7-12,22-23H,1-6H3. The lowest BCUT2D eigenvalue weighted by Gasteiger charge is -2.21. The highest BCUT2D eigenvalue weighted by molar-refractivity contribution is 5.76. The van der Waals surface area contributed by atoms with E-state index in [9.17, 15) is 10.2 Å². The van der Waals surface area contributed by atoms with Gasteiger partial charge >= 0.3 is 0 Å². The summed E-state index contributed by atoms with van der Waals surface area (Å²) in [5.41, 5.74) is 5.51. The summed E-state index contributed by atoms with van der Waals surface area (Å²) in [6.45, 7) is 12.1. The summed E-state index contributed by atoms with van der Waals surface area (Å²) in [6, 6.07) is 7.82. The van der Waals surface area contributed by atoms with Crippen LogP contribution in [0.1, 0.15) is 54.2 Å². The third-order valence-electron chi connectivity index (χ3n) is 4.41. The third-order valence-corrected chi connectivity index (χ3v) is 4.41. The first-order valence-electron chi connectivity index (χ1n) is 7.93. The van der Waals surface area contributed by atoms with Crippen molar-refractivity contribution in [2.45, 2.75) is 47.0 Å². The van der Waals surface area contributed by atoms with Gasteiger partial charge < -0.3 is 10.2 Å². The van der Waals surface area contributed by atoms with Gasteiger partial charge in [0.1, 0.15) is 11.5 Å². The molecule has 0 saturated heterocycles. The number of benzene rings is 2. The molecule has 2 heteroatoms. The fraction of sp³-hybridized carbons (Fsp3) is 0.333. The van der Waals surface area contributed by atoms with Crippen molar-refractivity contribution in [1.29, 1.82) is 0 Å². The fourth-order valence-corrected chi connectivity index (χ4v) is 2.75. The molecule has 0 heterocycles. The van der Waals surface area contributed by atoms with Crippen LogP contribution in [0.2, 0.25) is 0 Å². The van der Waals surface area contributed by atoms with E-state index in [1.165, 1.54) is 0 Å². The Balaban J connectivity index is 2.47. The van der Waals surface area contributed by atoms with Crippen LogP contribution in [0.25, 0.3) is 12.2 Å². The average molecular weight is 310 g/mol. The Hall–Kier alpha value is -2.22. The van der Waals surface area contributed by atoms with Crippen molar-refractivity contribution in [2.24, 2.45) is 0 Å². The van der Waals surface area contributed by atoms with Crippen molar-refractivity contribution in [2.75, 3.05) is 0 Å². The number of aryl methyl sites for hydroxylation is 1. The number of hydrogen-bond donors (Lipinski definition) is 2. The predicted octanol–water partition coefficient (Wildman–Crippen LogP) is 5.49. The number of phenols is 2. The lowest BCUT2D eigenvalue weighted by Crippen LogP contribution is -2.11. The Morgan fingerprint density at radius 2 is 1.43 bits per heavy atom. The SMILES string of the molecule is Cc1cc(C=Cc2cccc(C(C)(C)C)c2O)c(C)c(C)c1O. The first-order valence-corrected chi connectivity index (χ1v) is 7.93. The van der Waals surface area contributed by atoms with E-state index in [1.54, 1.807) is 0 Å². The summed E-state index contributed by atoms with van der Waals surface area (Å²) in [5, 5.41) is 20.5. The molecule has 0 radical (unpaired) electrons. The van der Waals surface area contributed by atoms with E-state index in [1.807, 2.05) is 57.2 Å². The Morgan fingerprint density at radius 1 is 0.826 bits per heavy atom. The zero-order chi connectivity index (χ0) is 17.4. The number of aromatic hydroxyl groups is 2. The van der Waals surface area contributed by atoms with Crippen LogP contribution >= 0.6 is 0 Å². The van der Waals surface area contributed by atoms with Crippen molar-refractivity contribution in [3.8, 4) is 11.5 Å². The Bertz CT molecular complexity index is 762. The van der Waals surface area contributed by atoms with Crippen LogP contribution in [0, 0.1) is 20.8 Å². The van der Waals surface area contributed by atoms with Crippen LogP contribution < -0.4 is 0 Å². The lowest BCUT2D eigenvalue weighted by molar-refractivity contribution is 0.445. The first-order chi connectivity index (χ1) is 10.6. The Kier molecular flexibility index (Phi) is 4.56. The molecule has 0 amide bonds. The molecular weight excluding hydrogens is 284 g/mol. The van der Waals surface area contributed by atoms with E-state index in [0.29, 0.717) is 11.5 Å². The molecule has 0 aromatic heterocycles. The molecule has 2 rings (SSSR count). The van der Waals surface area contributed by atoms with Gasteiger partial charge in [0.15, 0.2) is 0 Å². The summed E-state index contributed by atoms with van der Waals surface area (Å²) in [7, 11) is 0. The minimum Gasteiger partial charge on any atom is -0.507 e. The van der Waals surface area contributed by atoms with E-state index in [2.05, 4.69) is 20.8 Å². The van der Waals surface area contributed by atoms with Crippen LogP contribution in [0.5, 0.6) is 11.5 Å². The van der Waals surface area contributed by atoms with E-state index in [4.69, 9.17) is 0 Å². The Labute approximate surface area is 139 Å². The largest absolute Gasteiger partial charge is 0.507 e. The second-order valence-electron chi connectivity index (χ2n) is 7.21. The molecule has 2 N–H and O–H groups in total. The van der Waals surface area contributed by atoms with Gasteiger partial charge in [-0.05, 0) is 60.1 Å². The van der Waals surface area contributed by atoms with E-state index in [-0.39, 0.29) is 5.41 Å². The van der Waals surface area contributed by atoms with Crippen LogP contribution in [0.15, 0.2) is 24.3 Å². The summed E-state index contributed by atoms with van der Waals surface area (Å²) in [6.07, 6.45) is 3.93. The molecule has 0 unspecified atom stereocenters. The van der Waals surface area contributed by atoms with Crippen molar-refractivity contribution >= 4 is 12.2 Å². The van der Waals surface area contributed by atoms with Gasteiger partial charge in [-0.15, -0.1) is 0 Å². The van der Waals surface area contributed by atoms with Crippen LogP contribution in [0.3, 0.4) is 0 Å². The molecule has 2 aromatic carbocycles. The zero-order valence-corrected chi connectivity index (χ0v) is 14.9. The van der Waals surface area contributed by atoms with Crippen molar-refractivity contribution < 1.29 is 10.2 Å². The molecule has 0 spiro atoms. The van der Waals surface area contributed by atoms with Gasteiger partial charge in [-0.1, -0.05) is 51.1 Å². The first kappa shape index (κ1) is 17.1. The van der Waals surface area contributed by atoms with E-state index >= 15 is 0 Å². The summed E-state index contributed by atoms with van der Waals surface area (Å²) in [4.78, 5) is 0. The average Bonchev–Trinajstić information content (AvgIpc) is 2.47. The smallest absolute Gasteiger partial charge is 0.126 e. The van der Waals surface area contributed by atoms with E-state index in [0.717, 1.165) is 33.4 Å². The molecule has 0 fully saturated rings. The predicted molar refractivity (Wildman–Crippen MR) is 98.1 cm³/mol. The quantitative estimate of drug-likeness (QED) is 0.720. The maximum absolute atomic E-state index is 10.5. The second-order valence-corrected chi connectivity index (χ2v) is 7.21. The normalized spacial score (nSPS) is 12.1. The maximum atomic E-state index is 10.5. The number of hydrogen-bond acceptors (Lipinski definition) is 2. The van der Waals surface area contributed by atoms with Crippen molar-refractivity contribution in [3.05, 3.63) is 57.6 Å². The third kappa shape index (κ3) is 3.42. The topological polar surface area (TPSA) is 40.5 Å². The van der Waals surface area contributed by atoms with E-state index < -0.39 is 0 Å². The molecule has 2 aromatic rings. The zero-order valence-electron chi connectivity index (χ0n) is 14.9. The monoisotopic (exact) mass is 310 g/mol. The Morgan fingerprint density at radius 3 is 2.04 bits per heavy atom. The molecule has 0 aliphatic carbocycles. The molecule has 23 heavy (non-hydrogen) atoms. The summed E-state index contributed by atoms with van der Waals surface area (Å²) in [5.74, 6) is 0.693. The number of rotatable bonds is 2. The minimum absolute atomic E-state index is 0.102. The summed E-state index contributed by atoms with van der Waals surface area (Å²) < 4.78 is 0. The van der Waals surface area contributed by atoms with Gasteiger partial charge in [0.05, 0.1) is 0 Å². The molecule has 0 aliphatic rings. The number of phenolic OH excluding ortho intramolecular Hbond substituents is 2. The molecule has 0 aliphatic heterocycles. The van der Waals surface area contributed by atoms with Crippen LogP contribution in [-0.2, 0) is 5.41 Å². The van der Waals surface area contributed by atoms with Gasteiger partial charge in [-0.2, -0.15) is 0 Å². The van der Waals surface area contributed by atoms with Gasteiger partial charge in [-0.25, -0.2) is 0 Å². The minimum atomic E-state index is -0.102. The molecular formula is C21H26O2. The molecule has 0 bridgehead atoms. The van der Waals surface area contributed by atoms with Gasteiger partial charge in [-0.3, -0.25) is 0 Å². The molecule has 0 atom stereocenters. The highest BCUT2D eigenvalue weighted by atomic mass is 16.3. The highest BCUT2D eigenvalue weighted by Crippen LogP contribution is 2.34. The fourth-order valence-electron chi connectivity index (χ4n) is 2.75. The molecule has 0 saturated carbocycles. The van der Waals surface area contributed by atoms with Crippen molar-refractivity contribution in [1.82, 2.24) is 0 Å². The van der Waals surface area contributed by atoms with Gasteiger partial charge in [0, 0.05) is 5.56 Å². The van der Waals surface area contributed by atoms with Crippen LogP contribution in [-0.4, -0.2) is 10.2 Å². The second kappa shape index (κ2) is 6.11. The molecule has 2 nitrogen and oxygen atoms in total. The van der Waals surface area contributed by atoms with Crippen LogP contribution in [0.4, 0.5) is 0 Å². The summed E-state index contributed by atoms with van der Waals surface area (Å²) >= 11 is 0. The van der Waals surface area contributed by atoms with Gasteiger partial charge in [0.25, 0.3) is 0 Å². The molecule has 122 valence electrons.